The SMILES string of the molecule is COC(=O)[C@H]1CC[C@H](C(=O)Nc2cc(Nc3cnccn3)nc(-c3ccnc(N4CCN(C(=O)OC(C)(C)C)CC4)c3)c2)CC1. The van der Waals surface area contributed by atoms with Crippen molar-refractivity contribution in [1.29, 1.82) is 0 Å². The summed E-state index contributed by atoms with van der Waals surface area (Å²) in [5.41, 5.74) is 1.47. The molecule has 4 heterocycles. The van der Waals surface area contributed by atoms with Gasteiger partial charge in [-0.1, -0.05) is 0 Å². The number of aromatic nitrogens is 4. The topological polar surface area (TPSA) is 152 Å². The molecule has 0 aromatic carbocycles. The number of carbonyl (C=O) groups is 3. The maximum atomic E-state index is 13.3. The number of methoxy groups -OCH3 is 1. The minimum Gasteiger partial charge on any atom is -0.469 e. The van der Waals surface area contributed by atoms with Crippen LogP contribution in [-0.4, -0.2) is 81.7 Å². The number of carbonyl (C=O) groups excluding carboxylic acids is 3. The Balaban J connectivity index is 1.33. The minimum absolute atomic E-state index is 0.0980. The van der Waals surface area contributed by atoms with Crippen LogP contribution in [0, 0.1) is 11.8 Å². The Morgan fingerprint density at radius 1 is 0.889 bits per heavy atom. The number of rotatable bonds is 7. The molecule has 1 aliphatic heterocycles. The van der Waals surface area contributed by atoms with Crippen LogP contribution in [0.15, 0.2) is 49.1 Å². The first kappa shape index (κ1) is 31.6. The van der Waals surface area contributed by atoms with Crippen molar-refractivity contribution in [2.45, 2.75) is 52.1 Å². The van der Waals surface area contributed by atoms with Crippen molar-refractivity contribution >= 4 is 41.1 Å². The van der Waals surface area contributed by atoms with Gasteiger partial charge in [0.05, 0.1) is 24.9 Å². The highest BCUT2D eigenvalue weighted by molar-refractivity contribution is 5.94. The number of amides is 2. The molecule has 0 unspecified atom stereocenters. The second-order valence-corrected chi connectivity index (χ2v) is 12.3. The zero-order valence-corrected chi connectivity index (χ0v) is 26.2. The molecule has 0 radical (unpaired) electrons. The van der Waals surface area contributed by atoms with Crippen LogP contribution in [0.2, 0.25) is 0 Å². The van der Waals surface area contributed by atoms with Gasteiger partial charge in [-0.3, -0.25) is 14.6 Å². The van der Waals surface area contributed by atoms with Gasteiger partial charge in [-0.15, -0.1) is 0 Å². The highest BCUT2D eigenvalue weighted by Crippen LogP contribution is 2.32. The summed E-state index contributed by atoms with van der Waals surface area (Å²) in [6, 6.07) is 7.42. The summed E-state index contributed by atoms with van der Waals surface area (Å²) in [6.45, 7) is 7.83. The van der Waals surface area contributed by atoms with Crippen LogP contribution in [-0.2, 0) is 19.1 Å². The van der Waals surface area contributed by atoms with Crippen LogP contribution in [0.5, 0.6) is 0 Å². The van der Waals surface area contributed by atoms with E-state index in [1.54, 1.807) is 35.8 Å². The van der Waals surface area contributed by atoms with Gasteiger partial charge in [0.2, 0.25) is 5.91 Å². The Hall–Kier alpha value is -4.81. The molecule has 1 saturated carbocycles. The summed E-state index contributed by atoms with van der Waals surface area (Å²) in [7, 11) is 1.40. The van der Waals surface area contributed by atoms with Gasteiger partial charge in [-0.25, -0.2) is 19.7 Å². The number of pyridine rings is 2. The van der Waals surface area contributed by atoms with Gasteiger partial charge in [0.1, 0.15) is 23.1 Å². The largest absolute Gasteiger partial charge is 0.469 e. The van der Waals surface area contributed by atoms with E-state index >= 15 is 0 Å². The quantitative estimate of drug-likeness (QED) is 0.357. The zero-order chi connectivity index (χ0) is 32.0. The first-order chi connectivity index (χ1) is 21.6. The van der Waals surface area contributed by atoms with Gasteiger partial charge < -0.3 is 29.9 Å². The van der Waals surface area contributed by atoms with E-state index in [0.717, 1.165) is 11.4 Å². The predicted octanol–water partition coefficient (Wildman–Crippen LogP) is 4.65. The normalized spacial score (nSPS) is 18.6. The van der Waals surface area contributed by atoms with Gasteiger partial charge in [0.25, 0.3) is 0 Å². The molecule has 13 nitrogen and oxygen atoms in total. The third-order valence-corrected chi connectivity index (χ3v) is 7.84. The maximum absolute atomic E-state index is 13.3. The van der Waals surface area contributed by atoms with Gasteiger partial charge in [-0.2, -0.15) is 0 Å². The number of ether oxygens (including phenoxy) is 2. The van der Waals surface area contributed by atoms with Crippen LogP contribution in [0.1, 0.15) is 46.5 Å². The van der Waals surface area contributed by atoms with Crippen molar-refractivity contribution < 1.29 is 23.9 Å². The number of esters is 1. The summed E-state index contributed by atoms with van der Waals surface area (Å²) < 4.78 is 10.4. The van der Waals surface area contributed by atoms with E-state index in [1.807, 2.05) is 39.0 Å². The minimum atomic E-state index is -0.546. The molecule has 1 saturated heterocycles. The lowest BCUT2D eigenvalue weighted by atomic mass is 9.81. The van der Waals surface area contributed by atoms with Gasteiger partial charge >= 0.3 is 12.1 Å². The van der Waals surface area contributed by atoms with E-state index in [-0.39, 0.29) is 29.8 Å². The number of nitrogens with one attached hydrogen (secondary N) is 2. The molecule has 45 heavy (non-hydrogen) atoms. The average molecular weight is 617 g/mol. The molecule has 0 bridgehead atoms. The summed E-state index contributed by atoms with van der Waals surface area (Å²) in [4.78, 5) is 59.4. The second-order valence-electron chi connectivity index (χ2n) is 12.3. The number of nitrogens with zero attached hydrogens (tertiary/aromatic N) is 6. The first-order valence-corrected chi connectivity index (χ1v) is 15.2. The van der Waals surface area contributed by atoms with Crippen LogP contribution < -0.4 is 15.5 Å². The third-order valence-electron chi connectivity index (χ3n) is 7.84. The summed E-state index contributed by atoms with van der Waals surface area (Å²) in [5.74, 6) is 1.09. The molecule has 2 aliphatic rings. The van der Waals surface area contributed by atoms with E-state index in [2.05, 4.69) is 30.5 Å². The third kappa shape index (κ3) is 8.43. The average Bonchev–Trinajstić information content (AvgIpc) is 3.04. The molecule has 2 fully saturated rings. The number of hydrogen-bond acceptors (Lipinski definition) is 11. The number of anilines is 4. The lowest BCUT2D eigenvalue weighted by Gasteiger charge is -2.36. The summed E-state index contributed by atoms with van der Waals surface area (Å²) >= 11 is 0. The molecule has 3 aromatic heterocycles. The zero-order valence-electron chi connectivity index (χ0n) is 26.2. The molecule has 5 rings (SSSR count). The lowest BCUT2D eigenvalue weighted by Crippen LogP contribution is -2.50. The number of hydrogen-bond donors (Lipinski definition) is 2. The van der Waals surface area contributed by atoms with Crippen molar-refractivity contribution in [3.05, 3.63) is 49.1 Å². The van der Waals surface area contributed by atoms with E-state index < -0.39 is 5.60 Å². The van der Waals surface area contributed by atoms with Gasteiger partial charge in [0.15, 0.2) is 0 Å². The second kappa shape index (κ2) is 13.9. The molecule has 13 heteroatoms. The summed E-state index contributed by atoms with van der Waals surface area (Å²) in [5, 5.41) is 6.25. The Labute approximate surface area is 262 Å². The van der Waals surface area contributed by atoms with Gasteiger partial charge in [0, 0.05) is 68.0 Å². The molecule has 3 aromatic rings. The maximum Gasteiger partial charge on any atom is 0.410 e. The number of piperazine rings is 1. The van der Waals surface area contributed by atoms with Crippen molar-refractivity contribution in [1.82, 2.24) is 24.8 Å². The van der Waals surface area contributed by atoms with Crippen LogP contribution in [0.4, 0.5) is 27.9 Å². The highest BCUT2D eigenvalue weighted by atomic mass is 16.6. The van der Waals surface area contributed by atoms with Crippen molar-refractivity contribution in [3.63, 3.8) is 0 Å². The molecular formula is C32H40N8O5. The molecule has 2 amide bonds. The molecule has 2 N–H and O–H groups in total. The molecule has 238 valence electrons. The van der Waals surface area contributed by atoms with Crippen LogP contribution >= 0.6 is 0 Å². The van der Waals surface area contributed by atoms with E-state index in [1.165, 1.54) is 7.11 Å². The standard InChI is InChI=1S/C32H40N8O5/c1-32(2,3)45-31(43)40-15-13-39(14-16-40)28-17-23(9-10-35-28)25-18-24(19-26(37-25)38-27-20-33-11-12-34-27)36-29(41)21-5-7-22(8-6-21)30(42)44-4/h9-12,17-22H,5-8,13-16H2,1-4H3,(H2,34,36,37,38,41)/t21-,22-. The van der Waals surface area contributed by atoms with Crippen LogP contribution in [0.25, 0.3) is 11.3 Å². The Morgan fingerprint density at radius 2 is 1.62 bits per heavy atom. The smallest absolute Gasteiger partial charge is 0.410 e. The van der Waals surface area contributed by atoms with Gasteiger partial charge in [-0.05, 0) is 64.7 Å². The Bertz CT molecular complexity index is 1500. The fourth-order valence-electron chi connectivity index (χ4n) is 5.51. The Morgan fingerprint density at radius 3 is 2.29 bits per heavy atom. The summed E-state index contributed by atoms with van der Waals surface area (Å²) in [6.07, 6.45) is 8.65. The first-order valence-electron chi connectivity index (χ1n) is 15.2. The predicted molar refractivity (Wildman–Crippen MR) is 169 cm³/mol. The van der Waals surface area contributed by atoms with Crippen LogP contribution in [0.3, 0.4) is 0 Å². The molecular weight excluding hydrogens is 576 g/mol. The molecule has 1 aliphatic carbocycles. The van der Waals surface area contributed by atoms with Crippen molar-refractivity contribution in [3.8, 4) is 11.3 Å². The molecule has 0 spiro atoms. The lowest BCUT2D eigenvalue weighted by molar-refractivity contribution is -0.147. The monoisotopic (exact) mass is 616 g/mol. The fourth-order valence-corrected chi connectivity index (χ4v) is 5.51. The highest BCUT2D eigenvalue weighted by Gasteiger charge is 2.31. The van der Waals surface area contributed by atoms with E-state index in [9.17, 15) is 14.4 Å². The van der Waals surface area contributed by atoms with E-state index in [4.69, 9.17) is 14.5 Å². The molecule has 0 atom stereocenters. The fraction of sp³-hybridized carbons (Fsp3) is 0.469. The Kier molecular flexibility index (Phi) is 9.74. The van der Waals surface area contributed by atoms with Crippen molar-refractivity contribution in [2.75, 3.05) is 48.8 Å². The van der Waals surface area contributed by atoms with Crippen molar-refractivity contribution in [2.24, 2.45) is 11.8 Å². The van der Waals surface area contributed by atoms with E-state index in [0.29, 0.717) is 74.9 Å².